The minimum absolute atomic E-state index is 0.0618. The van der Waals surface area contributed by atoms with Crippen LogP contribution < -0.4 is 10.6 Å². The van der Waals surface area contributed by atoms with Gasteiger partial charge in [-0.15, -0.1) is 0 Å². The second-order valence-corrected chi connectivity index (χ2v) is 4.63. The van der Waals surface area contributed by atoms with E-state index in [9.17, 15) is 14.9 Å². The molecular weight excluding hydrogens is 246 g/mol. The Balaban J connectivity index is 2.61. The molecule has 0 atom stereocenters. The predicted octanol–water partition coefficient (Wildman–Crippen LogP) is 2.23. The quantitative estimate of drug-likeness (QED) is 0.610. The van der Waals surface area contributed by atoms with Gasteiger partial charge in [0.1, 0.15) is 5.69 Å². The summed E-state index contributed by atoms with van der Waals surface area (Å²) in [6.07, 6.45) is 0.281. The van der Waals surface area contributed by atoms with Crippen LogP contribution in [0, 0.1) is 17.0 Å². The molecule has 2 N–H and O–H groups in total. The number of rotatable bonds is 6. The Bertz CT molecular complexity index is 472. The highest BCUT2D eigenvalue weighted by molar-refractivity contribution is 5.77. The Labute approximate surface area is 112 Å². The van der Waals surface area contributed by atoms with Crippen molar-refractivity contribution in [1.82, 2.24) is 5.32 Å². The molecule has 19 heavy (non-hydrogen) atoms. The van der Waals surface area contributed by atoms with Crippen molar-refractivity contribution in [3.63, 3.8) is 0 Å². The molecule has 104 valence electrons. The largest absolute Gasteiger partial charge is 0.379 e. The summed E-state index contributed by atoms with van der Waals surface area (Å²) in [6, 6.07) is 5.18. The van der Waals surface area contributed by atoms with Crippen LogP contribution in [-0.2, 0) is 4.79 Å². The maximum absolute atomic E-state index is 11.4. The molecule has 0 spiro atoms. The monoisotopic (exact) mass is 265 g/mol. The summed E-state index contributed by atoms with van der Waals surface area (Å²) in [5, 5.41) is 16.7. The molecule has 0 unspecified atom stereocenters. The van der Waals surface area contributed by atoms with Gasteiger partial charge in [0.15, 0.2) is 0 Å². The highest BCUT2D eigenvalue weighted by Gasteiger charge is 2.16. The number of hydrogen-bond acceptors (Lipinski definition) is 4. The first-order chi connectivity index (χ1) is 8.91. The van der Waals surface area contributed by atoms with E-state index >= 15 is 0 Å². The lowest BCUT2D eigenvalue weighted by Crippen LogP contribution is -2.31. The van der Waals surface area contributed by atoms with E-state index in [1.165, 1.54) is 0 Å². The molecule has 6 heteroatoms. The number of nitro benzene ring substituents is 1. The summed E-state index contributed by atoms with van der Waals surface area (Å²) in [6.45, 7) is 5.82. The molecule has 0 radical (unpaired) electrons. The van der Waals surface area contributed by atoms with Gasteiger partial charge in [-0.3, -0.25) is 14.9 Å². The zero-order valence-corrected chi connectivity index (χ0v) is 11.4. The highest BCUT2D eigenvalue weighted by Crippen LogP contribution is 2.27. The van der Waals surface area contributed by atoms with Crippen LogP contribution in [0.3, 0.4) is 0 Å². The number of anilines is 1. The van der Waals surface area contributed by atoms with Gasteiger partial charge in [0.2, 0.25) is 5.91 Å². The first-order valence-electron chi connectivity index (χ1n) is 6.19. The van der Waals surface area contributed by atoms with Crippen LogP contribution in [0.2, 0.25) is 0 Å². The van der Waals surface area contributed by atoms with E-state index in [-0.39, 0.29) is 24.1 Å². The van der Waals surface area contributed by atoms with Crippen LogP contribution in [0.15, 0.2) is 18.2 Å². The Morgan fingerprint density at radius 2 is 2.11 bits per heavy atom. The number of carbonyl (C=O) groups is 1. The van der Waals surface area contributed by atoms with Gasteiger partial charge in [-0.2, -0.15) is 0 Å². The molecule has 0 bridgehead atoms. The average Bonchev–Trinajstić information content (AvgIpc) is 2.27. The molecule has 1 aromatic rings. The third-order valence-electron chi connectivity index (χ3n) is 2.54. The van der Waals surface area contributed by atoms with Crippen LogP contribution in [0.25, 0.3) is 0 Å². The van der Waals surface area contributed by atoms with E-state index in [0.717, 1.165) is 0 Å². The van der Waals surface area contributed by atoms with Gasteiger partial charge < -0.3 is 10.6 Å². The minimum atomic E-state index is -0.411. The third-order valence-corrected chi connectivity index (χ3v) is 2.54. The molecule has 1 aromatic carbocycles. The summed E-state index contributed by atoms with van der Waals surface area (Å²) in [5.74, 6) is -0.0715. The molecule has 0 saturated heterocycles. The molecule has 0 aliphatic carbocycles. The van der Waals surface area contributed by atoms with Gasteiger partial charge in [-0.25, -0.2) is 0 Å². The van der Waals surface area contributed by atoms with Gasteiger partial charge in [-0.1, -0.05) is 12.1 Å². The lowest BCUT2D eigenvalue weighted by Gasteiger charge is -2.10. The number of benzene rings is 1. The van der Waals surface area contributed by atoms with Crippen molar-refractivity contribution in [2.24, 2.45) is 0 Å². The van der Waals surface area contributed by atoms with Crippen molar-refractivity contribution in [3.05, 3.63) is 33.9 Å². The molecule has 0 fully saturated rings. The Hall–Kier alpha value is -2.11. The molecule has 0 aliphatic heterocycles. The van der Waals surface area contributed by atoms with Crippen molar-refractivity contribution in [2.75, 3.05) is 11.9 Å². The predicted molar refractivity (Wildman–Crippen MR) is 74.2 cm³/mol. The van der Waals surface area contributed by atoms with Crippen LogP contribution in [0.4, 0.5) is 11.4 Å². The second-order valence-electron chi connectivity index (χ2n) is 4.63. The zero-order chi connectivity index (χ0) is 14.4. The zero-order valence-electron chi connectivity index (χ0n) is 11.4. The number of hydrogen-bond donors (Lipinski definition) is 2. The molecule has 0 aromatic heterocycles. The summed E-state index contributed by atoms with van der Waals surface area (Å²) in [7, 11) is 0. The Kier molecular flexibility index (Phi) is 5.29. The van der Waals surface area contributed by atoms with Gasteiger partial charge in [0.25, 0.3) is 5.69 Å². The van der Waals surface area contributed by atoms with Crippen LogP contribution >= 0.6 is 0 Å². The normalized spacial score (nSPS) is 10.3. The molecule has 0 saturated carbocycles. The Morgan fingerprint density at radius 1 is 1.42 bits per heavy atom. The van der Waals surface area contributed by atoms with E-state index in [2.05, 4.69) is 10.6 Å². The maximum Gasteiger partial charge on any atom is 0.295 e. The van der Waals surface area contributed by atoms with Gasteiger partial charge in [-0.05, 0) is 26.8 Å². The fourth-order valence-corrected chi connectivity index (χ4v) is 1.75. The van der Waals surface area contributed by atoms with Crippen molar-refractivity contribution < 1.29 is 9.72 Å². The summed E-state index contributed by atoms with van der Waals surface area (Å²) >= 11 is 0. The average molecular weight is 265 g/mol. The van der Waals surface area contributed by atoms with Gasteiger partial charge in [0, 0.05) is 24.6 Å². The van der Waals surface area contributed by atoms with Gasteiger partial charge >= 0.3 is 0 Å². The lowest BCUT2D eigenvalue weighted by atomic mass is 10.1. The minimum Gasteiger partial charge on any atom is -0.379 e. The molecule has 6 nitrogen and oxygen atoms in total. The van der Waals surface area contributed by atoms with E-state index in [1.807, 2.05) is 13.8 Å². The van der Waals surface area contributed by atoms with Gasteiger partial charge in [0.05, 0.1) is 4.92 Å². The van der Waals surface area contributed by atoms with Crippen molar-refractivity contribution in [1.29, 1.82) is 0 Å². The number of carbonyl (C=O) groups excluding carboxylic acids is 1. The first-order valence-corrected chi connectivity index (χ1v) is 6.19. The summed E-state index contributed by atoms with van der Waals surface area (Å²) in [4.78, 5) is 22.0. The van der Waals surface area contributed by atoms with Crippen molar-refractivity contribution >= 4 is 17.3 Å². The maximum atomic E-state index is 11.4. The van der Waals surface area contributed by atoms with E-state index in [0.29, 0.717) is 17.8 Å². The van der Waals surface area contributed by atoms with Crippen molar-refractivity contribution in [3.8, 4) is 0 Å². The van der Waals surface area contributed by atoms with Crippen LogP contribution in [-0.4, -0.2) is 23.4 Å². The lowest BCUT2D eigenvalue weighted by molar-refractivity contribution is -0.384. The second kappa shape index (κ2) is 6.72. The molecule has 1 amide bonds. The van der Waals surface area contributed by atoms with E-state index < -0.39 is 4.92 Å². The van der Waals surface area contributed by atoms with E-state index in [1.54, 1.807) is 25.1 Å². The standard InChI is InChI=1S/C13H19N3O3/c1-9(2)15-12(17)7-8-14-11-6-4-5-10(3)13(11)16(18)19/h4-6,9,14H,7-8H2,1-3H3,(H,15,17). The summed E-state index contributed by atoms with van der Waals surface area (Å²) in [5.41, 5.74) is 1.11. The number of nitrogens with one attached hydrogen (secondary N) is 2. The highest BCUT2D eigenvalue weighted by atomic mass is 16.6. The number of para-hydroxylation sites is 1. The molecular formula is C13H19N3O3. The first kappa shape index (κ1) is 14.9. The molecule has 0 aliphatic rings. The third kappa shape index (κ3) is 4.57. The fourth-order valence-electron chi connectivity index (χ4n) is 1.75. The van der Waals surface area contributed by atoms with Crippen LogP contribution in [0.1, 0.15) is 25.8 Å². The fraction of sp³-hybridized carbons (Fsp3) is 0.462. The van der Waals surface area contributed by atoms with Crippen LogP contribution in [0.5, 0.6) is 0 Å². The topological polar surface area (TPSA) is 84.3 Å². The number of nitrogens with zero attached hydrogens (tertiary/aromatic N) is 1. The number of amides is 1. The number of nitro groups is 1. The molecule has 0 heterocycles. The molecule has 1 rings (SSSR count). The number of aryl methyl sites for hydroxylation is 1. The van der Waals surface area contributed by atoms with Crippen molar-refractivity contribution in [2.45, 2.75) is 33.2 Å². The Morgan fingerprint density at radius 3 is 2.68 bits per heavy atom. The van der Waals surface area contributed by atoms with E-state index in [4.69, 9.17) is 0 Å². The summed E-state index contributed by atoms with van der Waals surface area (Å²) < 4.78 is 0. The smallest absolute Gasteiger partial charge is 0.295 e. The SMILES string of the molecule is Cc1cccc(NCCC(=O)NC(C)C)c1[N+](=O)[O-].